The van der Waals surface area contributed by atoms with Crippen LogP contribution in [-0.2, 0) is 11.2 Å². The number of carbonyl (C=O) groups is 2. The van der Waals surface area contributed by atoms with Crippen LogP contribution in [0.25, 0.3) is 0 Å². The van der Waals surface area contributed by atoms with Crippen molar-refractivity contribution in [2.75, 3.05) is 19.6 Å². The molecule has 2 aliphatic heterocycles. The van der Waals surface area contributed by atoms with Crippen molar-refractivity contribution < 1.29 is 27.9 Å². The van der Waals surface area contributed by atoms with Gasteiger partial charge in [0, 0.05) is 36.3 Å². The first kappa shape index (κ1) is 17.6. The highest BCUT2D eigenvalue weighted by atomic mass is 35.5. The standard InChI is InChI=1S/C12H13ClN2O.C2HF3O2/c13-9-1-2-11-8(5-9)6-10-7-14-3-4-15(10)12(11)16;3-2(4,5)1(6)7/h1-2,5,10,14H,3-4,6-7H2;(H,6,7)/t10-;/m1./s1. The predicted octanol–water partition coefficient (Wildman–Crippen LogP) is 1.94. The van der Waals surface area contributed by atoms with Crippen molar-refractivity contribution in [3.63, 3.8) is 0 Å². The molecule has 0 unspecified atom stereocenters. The Morgan fingerprint density at radius 2 is 2.04 bits per heavy atom. The molecule has 2 aliphatic rings. The molecular weight excluding hydrogens is 337 g/mol. The Bertz CT molecular complexity index is 622. The average molecular weight is 351 g/mol. The zero-order valence-electron chi connectivity index (χ0n) is 11.9. The fourth-order valence-electron chi connectivity index (χ4n) is 2.56. The molecule has 23 heavy (non-hydrogen) atoms. The number of fused-ring (bicyclic) bond motifs is 2. The lowest BCUT2D eigenvalue weighted by molar-refractivity contribution is -0.192. The Kier molecular flexibility index (Phi) is 5.16. The maximum Gasteiger partial charge on any atom is 0.490 e. The van der Waals surface area contributed by atoms with Gasteiger partial charge in [-0.2, -0.15) is 13.2 Å². The summed E-state index contributed by atoms with van der Waals surface area (Å²) in [4.78, 5) is 23.1. The van der Waals surface area contributed by atoms with E-state index < -0.39 is 12.1 Å². The molecule has 9 heteroatoms. The van der Waals surface area contributed by atoms with Crippen molar-refractivity contribution in [3.8, 4) is 0 Å². The number of carboxylic acid groups (broad SMARTS) is 1. The number of halogens is 4. The number of carboxylic acids is 1. The SMILES string of the molecule is O=C(O)C(F)(F)F.O=C1c2ccc(Cl)cc2C[C@@H]2CNCCN12. The number of nitrogens with zero attached hydrogens (tertiary/aromatic N) is 1. The fourth-order valence-corrected chi connectivity index (χ4v) is 2.75. The molecular formula is C14H14ClF3N2O3. The maximum absolute atomic E-state index is 12.2. The van der Waals surface area contributed by atoms with Crippen LogP contribution in [-0.4, -0.2) is 53.7 Å². The Labute approximate surface area is 135 Å². The van der Waals surface area contributed by atoms with Gasteiger partial charge >= 0.3 is 12.1 Å². The summed E-state index contributed by atoms with van der Waals surface area (Å²) in [6.07, 6.45) is -4.17. The first-order valence-corrected chi connectivity index (χ1v) is 7.18. The molecule has 0 saturated carbocycles. The first-order valence-electron chi connectivity index (χ1n) is 6.80. The van der Waals surface area contributed by atoms with Crippen LogP contribution >= 0.6 is 11.6 Å². The van der Waals surface area contributed by atoms with Crippen LogP contribution in [0.5, 0.6) is 0 Å². The topological polar surface area (TPSA) is 69.6 Å². The Morgan fingerprint density at radius 3 is 2.65 bits per heavy atom. The van der Waals surface area contributed by atoms with Crippen LogP contribution in [0.1, 0.15) is 15.9 Å². The van der Waals surface area contributed by atoms with Crippen LogP contribution < -0.4 is 5.32 Å². The highest BCUT2D eigenvalue weighted by Gasteiger charge is 2.38. The summed E-state index contributed by atoms with van der Waals surface area (Å²) in [5, 5.41) is 11.2. The summed E-state index contributed by atoms with van der Waals surface area (Å²) in [5.74, 6) is -2.60. The van der Waals surface area contributed by atoms with Gasteiger partial charge in [0.15, 0.2) is 0 Å². The van der Waals surface area contributed by atoms with Crippen molar-refractivity contribution >= 4 is 23.5 Å². The van der Waals surface area contributed by atoms with Gasteiger partial charge < -0.3 is 15.3 Å². The van der Waals surface area contributed by atoms with Gasteiger partial charge in [-0.25, -0.2) is 4.79 Å². The third kappa shape index (κ3) is 4.14. The highest BCUT2D eigenvalue weighted by Crippen LogP contribution is 2.26. The van der Waals surface area contributed by atoms with Crippen LogP contribution in [0.3, 0.4) is 0 Å². The van der Waals surface area contributed by atoms with Gasteiger partial charge in [-0.3, -0.25) is 4.79 Å². The van der Waals surface area contributed by atoms with Gasteiger partial charge in [0.2, 0.25) is 0 Å². The van der Waals surface area contributed by atoms with E-state index >= 15 is 0 Å². The molecule has 3 rings (SSSR count). The van der Waals surface area contributed by atoms with Crippen LogP contribution in [0.15, 0.2) is 18.2 Å². The fraction of sp³-hybridized carbons (Fsp3) is 0.429. The number of alkyl halides is 3. The van der Waals surface area contributed by atoms with Gasteiger partial charge in [-0.1, -0.05) is 11.6 Å². The summed E-state index contributed by atoms with van der Waals surface area (Å²) in [6.45, 7) is 2.59. The maximum atomic E-state index is 12.2. The second-order valence-corrected chi connectivity index (χ2v) is 5.60. The first-order chi connectivity index (χ1) is 10.7. The molecule has 2 N–H and O–H groups in total. The Morgan fingerprint density at radius 1 is 1.39 bits per heavy atom. The average Bonchev–Trinajstić information content (AvgIpc) is 2.47. The molecule has 5 nitrogen and oxygen atoms in total. The second kappa shape index (κ2) is 6.76. The highest BCUT2D eigenvalue weighted by molar-refractivity contribution is 6.30. The van der Waals surface area contributed by atoms with E-state index in [1.807, 2.05) is 17.0 Å². The lowest BCUT2D eigenvalue weighted by Crippen LogP contribution is -2.56. The molecule has 2 heterocycles. The van der Waals surface area contributed by atoms with E-state index in [9.17, 15) is 18.0 Å². The Balaban J connectivity index is 0.000000236. The van der Waals surface area contributed by atoms with E-state index in [2.05, 4.69) is 5.32 Å². The second-order valence-electron chi connectivity index (χ2n) is 5.16. The number of hydrogen-bond acceptors (Lipinski definition) is 3. The lowest BCUT2D eigenvalue weighted by Gasteiger charge is -2.40. The van der Waals surface area contributed by atoms with E-state index in [0.29, 0.717) is 11.1 Å². The summed E-state index contributed by atoms with van der Waals surface area (Å²) in [6, 6.07) is 5.85. The molecule has 1 atom stereocenters. The van der Waals surface area contributed by atoms with Crippen molar-refractivity contribution in [1.82, 2.24) is 10.2 Å². The smallest absolute Gasteiger partial charge is 0.475 e. The van der Waals surface area contributed by atoms with E-state index in [4.69, 9.17) is 21.5 Å². The number of carbonyl (C=O) groups excluding carboxylic acids is 1. The van der Waals surface area contributed by atoms with E-state index in [1.165, 1.54) is 0 Å². The summed E-state index contributed by atoms with van der Waals surface area (Å²) >= 11 is 5.96. The van der Waals surface area contributed by atoms with Gasteiger partial charge in [0.05, 0.1) is 0 Å². The predicted molar refractivity (Wildman–Crippen MR) is 76.5 cm³/mol. The molecule has 0 aliphatic carbocycles. The molecule has 126 valence electrons. The summed E-state index contributed by atoms with van der Waals surface area (Å²) < 4.78 is 31.7. The molecule has 0 radical (unpaired) electrons. The van der Waals surface area contributed by atoms with Gasteiger partial charge in [-0.15, -0.1) is 0 Å². The van der Waals surface area contributed by atoms with Crippen molar-refractivity contribution in [3.05, 3.63) is 34.3 Å². The largest absolute Gasteiger partial charge is 0.490 e. The lowest BCUT2D eigenvalue weighted by atomic mass is 9.92. The van der Waals surface area contributed by atoms with E-state index in [1.54, 1.807) is 6.07 Å². The van der Waals surface area contributed by atoms with Crippen molar-refractivity contribution in [1.29, 1.82) is 0 Å². The number of rotatable bonds is 0. The monoisotopic (exact) mass is 350 g/mol. The minimum atomic E-state index is -5.08. The Hall–Kier alpha value is -1.80. The number of nitrogens with one attached hydrogen (secondary N) is 1. The van der Waals surface area contributed by atoms with Crippen molar-refractivity contribution in [2.24, 2.45) is 0 Å². The number of amides is 1. The van der Waals surface area contributed by atoms with Crippen LogP contribution in [0, 0.1) is 0 Å². The molecule has 1 aromatic carbocycles. The van der Waals surface area contributed by atoms with Crippen molar-refractivity contribution in [2.45, 2.75) is 18.6 Å². The van der Waals surface area contributed by atoms with Crippen LogP contribution in [0.4, 0.5) is 13.2 Å². The van der Waals surface area contributed by atoms with Gasteiger partial charge in [-0.05, 0) is 30.2 Å². The molecule has 1 fully saturated rings. The minimum Gasteiger partial charge on any atom is -0.475 e. The molecule has 1 saturated heterocycles. The third-order valence-electron chi connectivity index (χ3n) is 3.61. The summed E-state index contributed by atoms with van der Waals surface area (Å²) in [5.41, 5.74) is 1.91. The zero-order chi connectivity index (χ0) is 17.2. The number of benzene rings is 1. The van der Waals surface area contributed by atoms with E-state index in [0.717, 1.165) is 37.2 Å². The molecule has 0 spiro atoms. The summed E-state index contributed by atoms with van der Waals surface area (Å²) in [7, 11) is 0. The molecule has 1 amide bonds. The van der Waals surface area contributed by atoms with Gasteiger partial charge in [0.1, 0.15) is 0 Å². The molecule has 0 bridgehead atoms. The molecule has 1 aromatic rings. The third-order valence-corrected chi connectivity index (χ3v) is 3.84. The zero-order valence-corrected chi connectivity index (χ0v) is 12.6. The quantitative estimate of drug-likeness (QED) is 0.750. The number of hydrogen-bond donors (Lipinski definition) is 2. The minimum absolute atomic E-state index is 0.157. The number of piperazine rings is 1. The number of aliphatic carboxylic acids is 1. The molecule has 0 aromatic heterocycles. The van der Waals surface area contributed by atoms with E-state index in [-0.39, 0.29) is 5.91 Å². The normalized spacial score (nSPS) is 20.1. The van der Waals surface area contributed by atoms with Gasteiger partial charge in [0.25, 0.3) is 5.91 Å². The van der Waals surface area contributed by atoms with Crippen LogP contribution in [0.2, 0.25) is 5.02 Å².